The van der Waals surface area contributed by atoms with Crippen LogP contribution in [0.15, 0.2) is 0 Å². The summed E-state index contributed by atoms with van der Waals surface area (Å²) in [5.41, 5.74) is 0. The van der Waals surface area contributed by atoms with E-state index in [0.29, 0.717) is 12.5 Å². The standard InChI is InChI=1S/C11H16F5NO2/c1-6(7(2)19-5-8-3-4-8)17-9(18)10(12,13)11(14,15)16/h6-8H,3-5H2,1-2H3,(H,17,18). The maximum Gasteiger partial charge on any atom is 0.463 e. The van der Waals surface area contributed by atoms with Crippen LogP contribution in [0, 0.1) is 5.92 Å². The molecule has 1 aliphatic rings. The summed E-state index contributed by atoms with van der Waals surface area (Å²) in [5.74, 6) is -7.31. The molecular weight excluding hydrogens is 273 g/mol. The van der Waals surface area contributed by atoms with E-state index in [-0.39, 0.29) is 0 Å². The van der Waals surface area contributed by atoms with Crippen LogP contribution in [0.25, 0.3) is 0 Å². The van der Waals surface area contributed by atoms with E-state index in [1.807, 2.05) is 0 Å². The smallest absolute Gasteiger partial charge is 0.376 e. The maximum atomic E-state index is 12.7. The van der Waals surface area contributed by atoms with E-state index in [1.165, 1.54) is 13.8 Å². The molecule has 0 aliphatic heterocycles. The lowest BCUT2D eigenvalue weighted by Gasteiger charge is -2.25. The van der Waals surface area contributed by atoms with E-state index < -0.39 is 30.2 Å². The summed E-state index contributed by atoms with van der Waals surface area (Å²) in [5, 5.41) is 1.64. The number of nitrogens with one attached hydrogen (secondary N) is 1. The first-order valence-electron chi connectivity index (χ1n) is 5.92. The van der Waals surface area contributed by atoms with E-state index in [2.05, 4.69) is 0 Å². The zero-order valence-electron chi connectivity index (χ0n) is 10.6. The summed E-state index contributed by atoms with van der Waals surface area (Å²) in [6.07, 6.45) is -4.47. The molecule has 1 amide bonds. The Hall–Kier alpha value is -0.920. The maximum absolute atomic E-state index is 12.7. The van der Waals surface area contributed by atoms with Gasteiger partial charge in [0.2, 0.25) is 0 Å². The van der Waals surface area contributed by atoms with Crippen LogP contribution in [0.4, 0.5) is 22.0 Å². The molecule has 3 nitrogen and oxygen atoms in total. The highest BCUT2D eigenvalue weighted by Crippen LogP contribution is 2.35. The van der Waals surface area contributed by atoms with Crippen LogP contribution in [-0.2, 0) is 9.53 Å². The molecule has 2 unspecified atom stereocenters. The van der Waals surface area contributed by atoms with Crippen LogP contribution in [0.1, 0.15) is 26.7 Å². The second-order valence-electron chi connectivity index (χ2n) is 4.82. The van der Waals surface area contributed by atoms with Crippen molar-refractivity contribution in [1.82, 2.24) is 5.32 Å². The predicted molar refractivity (Wildman–Crippen MR) is 56.7 cm³/mol. The van der Waals surface area contributed by atoms with Gasteiger partial charge in [-0.2, -0.15) is 22.0 Å². The van der Waals surface area contributed by atoms with Gasteiger partial charge in [-0.3, -0.25) is 4.79 Å². The topological polar surface area (TPSA) is 38.3 Å². The molecule has 0 aromatic carbocycles. The first-order chi connectivity index (χ1) is 8.55. The van der Waals surface area contributed by atoms with E-state index >= 15 is 0 Å². The highest BCUT2D eigenvalue weighted by atomic mass is 19.4. The van der Waals surface area contributed by atoms with Gasteiger partial charge >= 0.3 is 18.0 Å². The molecule has 1 aliphatic carbocycles. The normalized spacial score (nSPS) is 19.9. The van der Waals surface area contributed by atoms with E-state index in [1.54, 1.807) is 5.32 Å². The molecule has 2 atom stereocenters. The van der Waals surface area contributed by atoms with Crippen LogP contribution in [0.2, 0.25) is 0 Å². The van der Waals surface area contributed by atoms with Gasteiger partial charge in [0.1, 0.15) is 0 Å². The summed E-state index contributed by atoms with van der Waals surface area (Å²) in [6.45, 7) is 3.26. The van der Waals surface area contributed by atoms with Gasteiger partial charge in [0.25, 0.3) is 0 Å². The van der Waals surface area contributed by atoms with Crippen LogP contribution < -0.4 is 5.32 Å². The van der Waals surface area contributed by atoms with Crippen LogP contribution in [0.3, 0.4) is 0 Å². The Morgan fingerprint density at radius 1 is 1.26 bits per heavy atom. The Morgan fingerprint density at radius 3 is 2.21 bits per heavy atom. The van der Waals surface area contributed by atoms with Gasteiger partial charge in [0.15, 0.2) is 0 Å². The van der Waals surface area contributed by atoms with Gasteiger partial charge < -0.3 is 10.1 Å². The molecule has 1 saturated carbocycles. The second kappa shape index (κ2) is 5.60. The van der Waals surface area contributed by atoms with Crippen LogP contribution in [0.5, 0.6) is 0 Å². The fourth-order valence-corrected chi connectivity index (χ4v) is 1.26. The van der Waals surface area contributed by atoms with E-state index in [0.717, 1.165) is 12.8 Å². The van der Waals surface area contributed by atoms with Gasteiger partial charge in [0, 0.05) is 6.61 Å². The van der Waals surface area contributed by atoms with Crippen molar-refractivity contribution >= 4 is 5.91 Å². The van der Waals surface area contributed by atoms with Gasteiger partial charge in [-0.05, 0) is 32.6 Å². The third-order valence-electron chi connectivity index (χ3n) is 3.00. The minimum atomic E-state index is -5.89. The average Bonchev–Trinajstić information content (AvgIpc) is 3.07. The van der Waals surface area contributed by atoms with Crippen molar-refractivity contribution in [3.05, 3.63) is 0 Å². The van der Waals surface area contributed by atoms with E-state index in [4.69, 9.17) is 4.74 Å². The summed E-state index contributed by atoms with van der Waals surface area (Å²) in [4.78, 5) is 10.9. The van der Waals surface area contributed by atoms with Crippen LogP contribution in [-0.4, -0.2) is 36.8 Å². The number of hydrogen-bond acceptors (Lipinski definition) is 2. The number of ether oxygens (including phenoxy) is 1. The van der Waals surface area contributed by atoms with E-state index in [9.17, 15) is 26.7 Å². The first kappa shape index (κ1) is 16.1. The molecule has 0 radical (unpaired) electrons. The molecule has 8 heteroatoms. The number of amides is 1. The minimum Gasteiger partial charge on any atom is -0.376 e. The fourth-order valence-electron chi connectivity index (χ4n) is 1.26. The number of rotatable bonds is 6. The Morgan fingerprint density at radius 2 is 1.79 bits per heavy atom. The quantitative estimate of drug-likeness (QED) is 0.763. The molecule has 0 aromatic heterocycles. The highest BCUT2D eigenvalue weighted by molar-refractivity contribution is 5.84. The van der Waals surface area contributed by atoms with Crippen molar-refractivity contribution < 1.29 is 31.5 Å². The van der Waals surface area contributed by atoms with Crippen molar-refractivity contribution in [1.29, 1.82) is 0 Å². The monoisotopic (exact) mass is 289 g/mol. The Kier molecular flexibility index (Phi) is 4.76. The Balaban J connectivity index is 2.45. The molecule has 1 rings (SSSR count). The molecule has 0 saturated heterocycles. The third kappa shape index (κ3) is 4.29. The molecular formula is C11H16F5NO2. The molecule has 1 N–H and O–H groups in total. The molecule has 19 heavy (non-hydrogen) atoms. The van der Waals surface area contributed by atoms with Crippen molar-refractivity contribution in [3.63, 3.8) is 0 Å². The van der Waals surface area contributed by atoms with Crippen molar-refractivity contribution in [3.8, 4) is 0 Å². The average molecular weight is 289 g/mol. The zero-order chi connectivity index (χ0) is 14.8. The molecule has 112 valence electrons. The lowest BCUT2D eigenvalue weighted by atomic mass is 10.2. The zero-order valence-corrected chi connectivity index (χ0v) is 10.6. The third-order valence-corrected chi connectivity index (χ3v) is 3.00. The molecule has 0 bridgehead atoms. The number of alkyl halides is 5. The lowest BCUT2D eigenvalue weighted by Crippen LogP contribution is -2.54. The van der Waals surface area contributed by atoms with Crippen molar-refractivity contribution in [2.24, 2.45) is 5.92 Å². The lowest BCUT2D eigenvalue weighted by molar-refractivity contribution is -0.270. The molecule has 0 aromatic rings. The Labute approximate surface area is 107 Å². The van der Waals surface area contributed by atoms with Crippen LogP contribution >= 0.6 is 0 Å². The van der Waals surface area contributed by atoms with Gasteiger partial charge in [-0.1, -0.05) is 0 Å². The number of halogens is 5. The highest BCUT2D eigenvalue weighted by Gasteiger charge is 2.63. The predicted octanol–water partition coefficient (Wildman–Crippen LogP) is 2.50. The number of carbonyl (C=O) groups excluding carboxylic acids is 1. The Bertz CT molecular complexity index is 328. The first-order valence-corrected chi connectivity index (χ1v) is 5.92. The number of hydrogen-bond donors (Lipinski definition) is 1. The molecule has 0 heterocycles. The van der Waals surface area contributed by atoms with Crippen molar-refractivity contribution in [2.75, 3.05) is 6.61 Å². The molecule has 1 fully saturated rings. The second-order valence-corrected chi connectivity index (χ2v) is 4.82. The molecule has 0 spiro atoms. The summed E-state index contributed by atoms with van der Waals surface area (Å²) >= 11 is 0. The number of carbonyl (C=O) groups is 1. The summed E-state index contributed by atoms with van der Waals surface area (Å²) in [6, 6.07) is -0.931. The van der Waals surface area contributed by atoms with Gasteiger partial charge in [-0.25, -0.2) is 0 Å². The minimum absolute atomic E-state index is 0.428. The summed E-state index contributed by atoms with van der Waals surface area (Å²) in [7, 11) is 0. The van der Waals surface area contributed by atoms with Gasteiger partial charge in [0.05, 0.1) is 12.1 Å². The SMILES string of the molecule is CC(NC(=O)C(F)(F)C(F)(F)F)C(C)OCC1CC1. The fraction of sp³-hybridized carbons (Fsp3) is 0.909. The van der Waals surface area contributed by atoms with Crippen molar-refractivity contribution in [2.45, 2.75) is 50.9 Å². The van der Waals surface area contributed by atoms with Gasteiger partial charge in [-0.15, -0.1) is 0 Å². The largest absolute Gasteiger partial charge is 0.463 e. The summed E-state index contributed by atoms with van der Waals surface area (Å²) < 4.78 is 66.5.